The van der Waals surface area contributed by atoms with Gasteiger partial charge < -0.3 is 28.5 Å². The standard InChI is InChI=1S/C60H97NO8/c1-6-8-10-12-14-16-18-19-20-21-22-23-24-25-26-27-28-29-30-31-32-33-34-35-36-37-38-39-41-43-45-47-49-51-58(63)69-56(55-68-60(59(64)65)66-53-52-61(3,4)5)54-67-57(62)50-48-46-44-42-40-17-15-13-11-9-7-2/h8,10,14,16,19-20,22-23,25-26,28-29,31-32,34-35,37-38,41,43,56,60H,6-7,9,11-13,15,17-18,21,24,27,30,33,36,39-40,42,44-55H2,1-5H3/p+1/b10-8-,16-14-,20-19-,23-22-,26-25-,29-28-,32-31-,35-34-,38-37-,43-41-. The summed E-state index contributed by atoms with van der Waals surface area (Å²) >= 11 is 0. The predicted octanol–water partition coefficient (Wildman–Crippen LogP) is 15.3. The first-order valence-electron chi connectivity index (χ1n) is 26.7. The van der Waals surface area contributed by atoms with E-state index in [4.69, 9.17) is 18.9 Å². The van der Waals surface area contributed by atoms with Crippen molar-refractivity contribution in [3.8, 4) is 0 Å². The third-order valence-corrected chi connectivity index (χ3v) is 10.7. The number of hydrogen-bond acceptors (Lipinski definition) is 7. The zero-order valence-corrected chi connectivity index (χ0v) is 44.2. The summed E-state index contributed by atoms with van der Waals surface area (Å²) in [4.78, 5) is 37.2. The maximum Gasteiger partial charge on any atom is 0.361 e. The van der Waals surface area contributed by atoms with Crippen molar-refractivity contribution < 1.29 is 42.9 Å². The summed E-state index contributed by atoms with van der Waals surface area (Å²) < 4.78 is 22.7. The van der Waals surface area contributed by atoms with Crippen LogP contribution in [0.4, 0.5) is 0 Å². The molecule has 0 bridgehead atoms. The number of allylic oxidation sites excluding steroid dienone is 20. The Morgan fingerprint density at radius 3 is 1.23 bits per heavy atom. The smallest absolute Gasteiger partial charge is 0.361 e. The van der Waals surface area contributed by atoms with Crippen LogP contribution in [-0.2, 0) is 33.3 Å². The molecule has 0 rings (SSSR count). The monoisotopic (exact) mass is 961 g/mol. The van der Waals surface area contributed by atoms with Crippen LogP contribution >= 0.6 is 0 Å². The van der Waals surface area contributed by atoms with Gasteiger partial charge in [-0.1, -0.05) is 200 Å². The Bertz CT molecular complexity index is 1540. The molecule has 2 unspecified atom stereocenters. The highest BCUT2D eigenvalue weighted by Crippen LogP contribution is 2.13. The lowest BCUT2D eigenvalue weighted by Gasteiger charge is -2.25. The number of quaternary nitrogens is 1. The van der Waals surface area contributed by atoms with Crippen LogP contribution in [0.3, 0.4) is 0 Å². The summed E-state index contributed by atoms with van der Waals surface area (Å²) in [6.07, 6.45) is 67.1. The summed E-state index contributed by atoms with van der Waals surface area (Å²) in [5.74, 6) is -2.08. The molecule has 0 aliphatic carbocycles. The molecule has 0 heterocycles. The Morgan fingerprint density at radius 1 is 0.449 bits per heavy atom. The first-order chi connectivity index (χ1) is 33.6. The fourth-order valence-corrected chi connectivity index (χ4v) is 6.63. The molecule has 0 spiro atoms. The number of rotatable bonds is 47. The Hall–Kier alpha value is -4.31. The number of nitrogens with zero attached hydrogens (tertiary/aromatic N) is 1. The lowest BCUT2D eigenvalue weighted by molar-refractivity contribution is -0.870. The van der Waals surface area contributed by atoms with Crippen LogP contribution < -0.4 is 0 Å². The van der Waals surface area contributed by atoms with Gasteiger partial charge >= 0.3 is 17.9 Å². The normalized spacial score (nSPS) is 13.8. The Balaban J connectivity index is 4.35. The van der Waals surface area contributed by atoms with Crippen LogP contribution in [0.5, 0.6) is 0 Å². The van der Waals surface area contributed by atoms with Gasteiger partial charge in [0.1, 0.15) is 13.2 Å². The predicted molar refractivity (Wildman–Crippen MR) is 290 cm³/mol. The second-order valence-electron chi connectivity index (χ2n) is 18.5. The van der Waals surface area contributed by atoms with E-state index in [1.807, 2.05) is 21.1 Å². The Kier molecular flexibility index (Phi) is 47.0. The van der Waals surface area contributed by atoms with E-state index in [1.54, 1.807) is 0 Å². The van der Waals surface area contributed by atoms with Crippen LogP contribution in [0.2, 0.25) is 0 Å². The van der Waals surface area contributed by atoms with E-state index in [-0.39, 0.29) is 38.6 Å². The SMILES string of the molecule is CC/C=C\C/C=C\C/C=C\C/C=C\C/C=C\C/C=C\C/C=C\C/C=C\C/C=C\C/C=C\CCCCC(=O)OC(COC(=O)CCCCCCCCCCCCC)COC(OCC[N+](C)(C)C)C(=O)O. The highest BCUT2D eigenvalue weighted by Gasteiger charge is 2.25. The van der Waals surface area contributed by atoms with Gasteiger partial charge in [-0.3, -0.25) is 9.59 Å². The molecule has 0 amide bonds. The van der Waals surface area contributed by atoms with E-state index in [2.05, 4.69) is 135 Å². The highest BCUT2D eigenvalue weighted by molar-refractivity contribution is 5.71. The minimum absolute atomic E-state index is 0.173. The van der Waals surface area contributed by atoms with E-state index in [0.717, 1.165) is 96.3 Å². The summed E-state index contributed by atoms with van der Waals surface area (Å²) in [5.41, 5.74) is 0. The zero-order chi connectivity index (χ0) is 50.6. The molecule has 9 heteroatoms. The van der Waals surface area contributed by atoms with Gasteiger partial charge in [0.15, 0.2) is 6.10 Å². The molecule has 0 aliphatic rings. The molecule has 0 saturated carbocycles. The number of likely N-dealkylation sites (N-methyl/N-ethyl adjacent to an activating group) is 1. The molecule has 390 valence electrons. The van der Waals surface area contributed by atoms with Gasteiger partial charge in [-0.2, -0.15) is 0 Å². The van der Waals surface area contributed by atoms with E-state index in [9.17, 15) is 19.5 Å². The molecule has 0 aromatic rings. The first kappa shape index (κ1) is 64.7. The molecule has 0 aromatic heterocycles. The summed E-state index contributed by atoms with van der Waals surface area (Å²) in [5, 5.41) is 9.66. The second kappa shape index (κ2) is 50.1. The molecule has 2 atom stereocenters. The van der Waals surface area contributed by atoms with E-state index in [0.29, 0.717) is 17.4 Å². The number of carbonyl (C=O) groups is 3. The number of aliphatic carboxylic acids is 1. The zero-order valence-electron chi connectivity index (χ0n) is 44.2. The lowest BCUT2D eigenvalue weighted by Crippen LogP contribution is -2.40. The van der Waals surface area contributed by atoms with Crippen molar-refractivity contribution in [1.29, 1.82) is 0 Å². The van der Waals surface area contributed by atoms with Crippen molar-refractivity contribution >= 4 is 17.9 Å². The maximum absolute atomic E-state index is 12.8. The van der Waals surface area contributed by atoms with Crippen molar-refractivity contribution in [2.24, 2.45) is 0 Å². The van der Waals surface area contributed by atoms with Gasteiger partial charge in [0, 0.05) is 12.8 Å². The molecular weight excluding hydrogens is 863 g/mol. The van der Waals surface area contributed by atoms with Crippen molar-refractivity contribution in [3.05, 3.63) is 122 Å². The molecule has 0 fully saturated rings. The largest absolute Gasteiger partial charge is 0.477 e. The van der Waals surface area contributed by atoms with Crippen LogP contribution in [0, 0.1) is 0 Å². The number of unbranched alkanes of at least 4 members (excludes halogenated alkanes) is 12. The fraction of sp³-hybridized carbons (Fsp3) is 0.617. The van der Waals surface area contributed by atoms with E-state index >= 15 is 0 Å². The molecule has 0 aliphatic heterocycles. The number of carboxylic acids is 1. The number of esters is 2. The lowest BCUT2D eigenvalue weighted by atomic mass is 10.1. The number of carboxylic acid groups (broad SMARTS) is 1. The molecule has 0 radical (unpaired) electrons. The highest BCUT2D eigenvalue weighted by atomic mass is 16.7. The molecule has 69 heavy (non-hydrogen) atoms. The fourth-order valence-electron chi connectivity index (χ4n) is 6.63. The van der Waals surface area contributed by atoms with Gasteiger partial charge in [0.2, 0.25) is 0 Å². The van der Waals surface area contributed by atoms with Crippen LogP contribution in [0.1, 0.15) is 181 Å². The van der Waals surface area contributed by atoms with Crippen LogP contribution in [0.15, 0.2) is 122 Å². The summed E-state index contributed by atoms with van der Waals surface area (Å²) in [7, 11) is 5.93. The van der Waals surface area contributed by atoms with Gasteiger partial charge in [-0.25, -0.2) is 4.79 Å². The van der Waals surface area contributed by atoms with Crippen molar-refractivity contribution in [2.75, 3.05) is 47.5 Å². The number of ether oxygens (including phenoxy) is 4. The van der Waals surface area contributed by atoms with E-state index < -0.39 is 24.3 Å². The van der Waals surface area contributed by atoms with Crippen LogP contribution in [0.25, 0.3) is 0 Å². The van der Waals surface area contributed by atoms with Gasteiger partial charge in [-0.05, 0) is 89.9 Å². The third kappa shape index (κ3) is 51.4. The minimum Gasteiger partial charge on any atom is -0.477 e. The van der Waals surface area contributed by atoms with Crippen molar-refractivity contribution in [2.45, 2.75) is 193 Å². The molecular formula is C60H98NO8+. The van der Waals surface area contributed by atoms with Gasteiger partial charge in [-0.15, -0.1) is 0 Å². The molecule has 0 saturated heterocycles. The van der Waals surface area contributed by atoms with Crippen molar-refractivity contribution in [1.82, 2.24) is 0 Å². The maximum atomic E-state index is 12.8. The van der Waals surface area contributed by atoms with Crippen molar-refractivity contribution in [3.63, 3.8) is 0 Å². The van der Waals surface area contributed by atoms with E-state index in [1.165, 1.54) is 51.4 Å². The average Bonchev–Trinajstić information content (AvgIpc) is 3.31. The molecule has 0 aromatic carbocycles. The molecule has 1 N–H and O–H groups in total. The number of hydrogen-bond donors (Lipinski definition) is 1. The summed E-state index contributed by atoms with van der Waals surface area (Å²) in [6, 6.07) is 0. The number of carbonyl (C=O) groups excluding carboxylic acids is 2. The summed E-state index contributed by atoms with van der Waals surface area (Å²) in [6.45, 7) is 4.67. The quantitative estimate of drug-likeness (QED) is 0.0211. The van der Waals surface area contributed by atoms with Gasteiger partial charge in [0.05, 0.1) is 34.4 Å². The minimum atomic E-state index is -1.53. The Morgan fingerprint density at radius 2 is 0.826 bits per heavy atom. The topological polar surface area (TPSA) is 108 Å². The Labute approximate surface area is 421 Å². The van der Waals surface area contributed by atoms with Gasteiger partial charge in [0.25, 0.3) is 6.29 Å². The van der Waals surface area contributed by atoms with Crippen LogP contribution in [-0.4, -0.2) is 87.4 Å². The average molecular weight is 961 g/mol. The molecule has 9 nitrogen and oxygen atoms in total. The third-order valence-electron chi connectivity index (χ3n) is 10.7. The second-order valence-corrected chi connectivity index (χ2v) is 18.5. The first-order valence-corrected chi connectivity index (χ1v) is 26.7.